The maximum Gasteiger partial charge on any atom is 0.305 e. The van der Waals surface area contributed by atoms with Crippen molar-refractivity contribution in [1.29, 1.82) is 0 Å². The van der Waals surface area contributed by atoms with E-state index in [1.807, 2.05) is 0 Å². The Balaban J connectivity index is 2.98. The van der Waals surface area contributed by atoms with Gasteiger partial charge in [0.15, 0.2) is 9.84 Å². The summed E-state index contributed by atoms with van der Waals surface area (Å²) in [6.45, 7) is 4.76. The third-order valence-electron chi connectivity index (χ3n) is 3.49. The Labute approximate surface area is 141 Å². The van der Waals surface area contributed by atoms with Crippen LogP contribution in [0.25, 0.3) is 0 Å². The molecule has 1 aromatic carbocycles. The summed E-state index contributed by atoms with van der Waals surface area (Å²) in [5.74, 6) is -1.56. The molecule has 1 rings (SSSR count). The highest BCUT2D eigenvalue weighted by Crippen LogP contribution is 2.17. The molecule has 0 aliphatic carbocycles. The molecule has 0 saturated heterocycles. The van der Waals surface area contributed by atoms with Crippen molar-refractivity contribution >= 4 is 21.7 Å². The van der Waals surface area contributed by atoms with E-state index in [1.165, 1.54) is 31.4 Å². The van der Waals surface area contributed by atoms with E-state index in [0.717, 1.165) is 0 Å². The van der Waals surface area contributed by atoms with Gasteiger partial charge in [0, 0.05) is 12.7 Å². The molecule has 24 heavy (non-hydrogen) atoms. The van der Waals surface area contributed by atoms with Crippen LogP contribution in [0, 0.1) is 0 Å². The molecular weight excluding hydrogens is 334 g/mol. The Morgan fingerprint density at radius 1 is 1.25 bits per heavy atom. The Bertz CT molecular complexity index is 696. The van der Waals surface area contributed by atoms with Crippen molar-refractivity contribution in [3.05, 3.63) is 29.8 Å². The second-order valence-electron chi connectivity index (χ2n) is 6.14. The predicted molar refractivity (Wildman–Crippen MR) is 88.8 cm³/mol. The molecule has 0 aromatic heterocycles. The first-order valence-corrected chi connectivity index (χ1v) is 8.93. The smallest absolute Gasteiger partial charge is 0.305 e. The van der Waals surface area contributed by atoms with Crippen molar-refractivity contribution in [2.45, 2.75) is 42.9 Å². The minimum atomic E-state index is -3.41. The van der Waals surface area contributed by atoms with Gasteiger partial charge in [-0.15, -0.1) is 0 Å². The quantitative estimate of drug-likeness (QED) is 0.729. The molecule has 0 aliphatic heterocycles. The third kappa shape index (κ3) is 5.04. The number of hydrogen-bond acceptors (Lipinski definition) is 5. The van der Waals surface area contributed by atoms with Gasteiger partial charge in [-0.3, -0.25) is 9.59 Å². The van der Waals surface area contributed by atoms with Gasteiger partial charge >= 0.3 is 5.97 Å². The molecule has 1 unspecified atom stereocenters. The van der Waals surface area contributed by atoms with E-state index < -0.39 is 32.5 Å². The summed E-state index contributed by atoms with van der Waals surface area (Å²) in [6.07, 6.45) is -0.299. The van der Waals surface area contributed by atoms with Gasteiger partial charge in [0.25, 0.3) is 5.91 Å². The van der Waals surface area contributed by atoms with Crippen LogP contribution >= 0.6 is 0 Å². The van der Waals surface area contributed by atoms with E-state index in [-0.39, 0.29) is 23.5 Å². The molecule has 0 radical (unpaired) electrons. The Morgan fingerprint density at radius 2 is 1.79 bits per heavy atom. The Hall–Kier alpha value is -1.93. The summed E-state index contributed by atoms with van der Waals surface area (Å²) in [4.78, 5) is 23.4. The number of carbonyl (C=O) groups is 2. The molecule has 0 spiro atoms. The molecule has 0 bridgehead atoms. The number of amides is 1. The number of carbonyl (C=O) groups excluding carboxylic acids is 1. The van der Waals surface area contributed by atoms with Crippen LogP contribution in [0.15, 0.2) is 29.2 Å². The largest absolute Gasteiger partial charge is 0.481 e. The van der Waals surface area contributed by atoms with E-state index in [9.17, 15) is 18.0 Å². The van der Waals surface area contributed by atoms with E-state index >= 15 is 0 Å². The average molecular weight is 357 g/mol. The van der Waals surface area contributed by atoms with Crippen LogP contribution in [0.4, 0.5) is 0 Å². The lowest BCUT2D eigenvalue weighted by molar-refractivity contribution is -0.139. The van der Waals surface area contributed by atoms with Gasteiger partial charge in [0.05, 0.1) is 28.7 Å². The first-order valence-electron chi connectivity index (χ1n) is 7.39. The molecule has 134 valence electrons. The van der Waals surface area contributed by atoms with Crippen LogP contribution in [0.1, 0.15) is 37.6 Å². The van der Waals surface area contributed by atoms with Crippen LogP contribution in [-0.2, 0) is 19.4 Å². The molecule has 0 aliphatic rings. The van der Waals surface area contributed by atoms with Gasteiger partial charge in [-0.1, -0.05) is 0 Å². The van der Waals surface area contributed by atoms with Gasteiger partial charge < -0.3 is 15.2 Å². The van der Waals surface area contributed by atoms with E-state index in [4.69, 9.17) is 9.84 Å². The number of nitrogens with one attached hydrogen (secondary N) is 1. The summed E-state index contributed by atoms with van der Waals surface area (Å²) in [6, 6.07) is 5.54. The van der Waals surface area contributed by atoms with Crippen molar-refractivity contribution in [2.24, 2.45) is 0 Å². The fraction of sp³-hybridized carbons (Fsp3) is 0.500. The van der Waals surface area contributed by atoms with Gasteiger partial charge in [-0.05, 0) is 45.0 Å². The van der Waals surface area contributed by atoms with Gasteiger partial charge in [-0.25, -0.2) is 8.42 Å². The summed E-state index contributed by atoms with van der Waals surface area (Å²) < 4.78 is 29.1. The van der Waals surface area contributed by atoms with Crippen molar-refractivity contribution in [3.8, 4) is 0 Å². The lowest BCUT2D eigenvalue weighted by Crippen LogP contribution is -2.50. The number of benzene rings is 1. The second-order valence-corrected chi connectivity index (χ2v) is 8.64. The minimum Gasteiger partial charge on any atom is -0.481 e. The zero-order valence-electron chi connectivity index (χ0n) is 14.2. The highest BCUT2D eigenvalue weighted by Gasteiger charge is 2.30. The van der Waals surface area contributed by atoms with Crippen molar-refractivity contribution in [2.75, 3.05) is 13.7 Å². The lowest BCUT2D eigenvalue weighted by atomic mass is 9.98. The predicted octanol–water partition coefficient (Wildman–Crippen LogP) is 1.48. The van der Waals surface area contributed by atoms with Crippen LogP contribution in [-0.4, -0.2) is 49.9 Å². The molecule has 0 fully saturated rings. The number of carboxylic acid groups (broad SMARTS) is 1. The molecule has 0 heterocycles. The van der Waals surface area contributed by atoms with Crippen LogP contribution < -0.4 is 5.32 Å². The van der Waals surface area contributed by atoms with Gasteiger partial charge in [-0.2, -0.15) is 0 Å². The number of rotatable bonds is 8. The van der Waals surface area contributed by atoms with Gasteiger partial charge in [0.1, 0.15) is 0 Å². The normalized spacial score (nSPS) is 14.2. The first kappa shape index (κ1) is 20.1. The van der Waals surface area contributed by atoms with Gasteiger partial charge in [0.2, 0.25) is 0 Å². The number of methoxy groups -OCH3 is 1. The average Bonchev–Trinajstić information content (AvgIpc) is 2.46. The van der Waals surface area contributed by atoms with Crippen LogP contribution in [0.5, 0.6) is 0 Å². The molecule has 1 amide bonds. The minimum absolute atomic E-state index is 0.0326. The number of ether oxygens (including phenoxy) is 1. The highest BCUT2D eigenvalue weighted by molar-refractivity contribution is 7.92. The monoisotopic (exact) mass is 357 g/mol. The Kier molecular flexibility index (Phi) is 6.50. The lowest BCUT2D eigenvalue weighted by Gasteiger charge is -2.28. The van der Waals surface area contributed by atoms with E-state index in [2.05, 4.69) is 5.32 Å². The topological polar surface area (TPSA) is 110 Å². The van der Waals surface area contributed by atoms with E-state index in [1.54, 1.807) is 20.8 Å². The zero-order chi connectivity index (χ0) is 18.5. The Morgan fingerprint density at radius 3 is 2.21 bits per heavy atom. The van der Waals surface area contributed by atoms with Crippen molar-refractivity contribution in [1.82, 2.24) is 5.32 Å². The second kappa shape index (κ2) is 7.76. The molecular formula is C16H23NO6S. The molecule has 7 nitrogen and oxygen atoms in total. The highest BCUT2D eigenvalue weighted by atomic mass is 32.2. The fourth-order valence-electron chi connectivity index (χ4n) is 2.20. The number of carboxylic acids is 1. The summed E-state index contributed by atoms with van der Waals surface area (Å²) in [5.41, 5.74) is -0.828. The number of aliphatic carboxylic acids is 1. The van der Waals surface area contributed by atoms with E-state index in [0.29, 0.717) is 0 Å². The number of hydrogen-bond donors (Lipinski definition) is 2. The van der Waals surface area contributed by atoms with Crippen molar-refractivity contribution < 1.29 is 27.9 Å². The standard InChI is InChI=1S/C16H23NO6S/c1-11(2)24(21,22)13-7-5-12(6-8-13)15(20)17-16(3,10-23-4)9-14(18)19/h5-8,11H,9-10H2,1-4H3,(H,17,20)(H,18,19). The van der Waals surface area contributed by atoms with Crippen LogP contribution in [0.2, 0.25) is 0 Å². The molecule has 1 aromatic rings. The molecule has 2 N–H and O–H groups in total. The fourth-order valence-corrected chi connectivity index (χ4v) is 3.26. The summed E-state index contributed by atoms with van der Waals surface area (Å²) >= 11 is 0. The maximum absolute atomic E-state index is 12.3. The third-order valence-corrected chi connectivity index (χ3v) is 5.66. The first-order chi connectivity index (χ1) is 11.0. The number of sulfone groups is 1. The molecule has 0 saturated carbocycles. The summed E-state index contributed by atoms with van der Waals surface area (Å²) in [5, 5.41) is 11.0. The van der Waals surface area contributed by atoms with Crippen LogP contribution in [0.3, 0.4) is 0 Å². The van der Waals surface area contributed by atoms with Crippen molar-refractivity contribution in [3.63, 3.8) is 0 Å². The molecule has 1 atom stereocenters. The zero-order valence-corrected chi connectivity index (χ0v) is 15.0. The SMILES string of the molecule is COCC(C)(CC(=O)O)NC(=O)c1ccc(S(=O)(=O)C(C)C)cc1. The summed E-state index contributed by atoms with van der Waals surface area (Å²) in [7, 11) is -1.99. The molecule has 8 heteroatoms. The maximum atomic E-state index is 12.3.